The van der Waals surface area contributed by atoms with Crippen molar-refractivity contribution in [2.45, 2.75) is 30.1 Å². The van der Waals surface area contributed by atoms with Gasteiger partial charge in [-0.25, -0.2) is 0 Å². The molecule has 0 atom stereocenters. The second-order valence-electron chi connectivity index (χ2n) is 21.9. The molecule has 12 aromatic carbocycles. The van der Waals surface area contributed by atoms with E-state index >= 15 is 0 Å². The summed E-state index contributed by atoms with van der Waals surface area (Å²) in [6.45, 7) is 4.83. The molecule has 1 nitrogen and oxygen atoms in total. The largest absolute Gasteiger partial charge is 0.310 e. The van der Waals surface area contributed by atoms with E-state index in [1.807, 2.05) is 0 Å². The van der Waals surface area contributed by atoms with Crippen LogP contribution in [0.25, 0.3) is 55.6 Å². The molecule has 3 aliphatic rings. The molecule has 12 aromatic rings. The van der Waals surface area contributed by atoms with Gasteiger partial charge < -0.3 is 4.90 Å². The molecule has 0 heterocycles. The summed E-state index contributed by atoms with van der Waals surface area (Å²) in [6.07, 6.45) is 0. The summed E-state index contributed by atoms with van der Waals surface area (Å²) in [6, 6.07) is 111. The van der Waals surface area contributed by atoms with Gasteiger partial charge in [-0.1, -0.05) is 275 Å². The standard InChI is InChI=1S/C77H55N/c1-75(2)70-49-55(54-41-39-53(40-42-54)52-23-8-3-9-24-52)43-46-63(70)64-47-44-60(50-71(64)75)78(61-45-48-65-62-33-18-20-35-67(62)77(72(65)51-61,58-29-14-6-15-30-58)59-31-16-7-17-32-59)73-38-22-37-69-74(73)66-34-19-21-36-68(66)76(69,56-25-10-4-11-26-56)57-27-12-5-13-28-57/h3-51H,1-2H3. The van der Waals surface area contributed by atoms with Crippen LogP contribution in [-0.2, 0) is 16.2 Å². The summed E-state index contributed by atoms with van der Waals surface area (Å²) in [5, 5.41) is 0. The van der Waals surface area contributed by atoms with Crippen LogP contribution in [0.5, 0.6) is 0 Å². The Kier molecular flexibility index (Phi) is 10.4. The molecule has 78 heavy (non-hydrogen) atoms. The highest BCUT2D eigenvalue weighted by molar-refractivity contribution is 5.99. The van der Waals surface area contributed by atoms with Gasteiger partial charge in [0.15, 0.2) is 0 Å². The predicted molar refractivity (Wildman–Crippen MR) is 324 cm³/mol. The smallest absolute Gasteiger partial charge is 0.0714 e. The predicted octanol–water partition coefficient (Wildman–Crippen LogP) is 19.5. The van der Waals surface area contributed by atoms with Crippen molar-refractivity contribution in [3.05, 3.63) is 353 Å². The molecule has 15 rings (SSSR count). The maximum absolute atomic E-state index is 2.59. The highest BCUT2D eigenvalue weighted by Crippen LogP contribution is 2.62. The fourth-order valence-corrected chi connectivity index (χ4v) is 14.2. The van der Waals surface area contributed by atoms with Crippen LogP contribution in [0.1, 0.15) is 69.5 Å². The molecule has 3 aliphatic carbocycles. The van der Waals surface area contributed by atoms with E-state index in [9.17, 15) is 0 Å². The van der Waals surface area contributed by atoms with Gasteiger partial charge in [0.1, 0.15) is 0 Å². The van der Waals surface area contributed by atoms with E-state index in [1.165, 1.54) is 111 Å². The molecule has 1 heteroatoms. The van der Waals surface area contributed by atoms with Crippen molar-refractivity contribution in [1.82, 2.24) is 0 Å². The van der Waals surface area contributed by atoms with Crippen LogP contribution in [0.3, 0.4) is 0 Å². The van der Waals surface area contributed by atoms with Crippen molar-refractivity contribution >= 4 is 17.1 Å². The molecule has 0 N–H and O–H groups in total. The SMILES string of the molecule is CC1(C)c2cc(-c3ccc(-c4ccccc4)cc3)ccc2-c2ccc(N(c3ccc4c(c3)C(c3ccccc3)(c3ccccc3)c3ccccc3-4)c3cccc4c3-c3ccccc3C4(c3ccccc3)c3ccccc3)cc21. The van der Waals surface area contributed by atoms with Crippen molar-refractivity contribution in [3.8, 4) is 55.6 Å². The summed E-state index contributed by atoms with van der Waals surface area (Å²) >= 11 is 0. The van der Waals surface area contributed by atoms with Crippen LogP contribution in [0.15, 0.2) is 297 Å². The lowest BCUT2D eigenvalue weighted by atomic mass is 9.67. The zero-order valence-corrected chi connectivity index (χ0v) is 43.7. The van der Waals surface area contributed by atoms with Crippen molar-refractivity contribution < 1.29 is 0 Å². The van der Waals surface area contributed by atoms with E-state index in [2.05, 4.69) is 316 Å². The average Bonchev–Trinajstić information content (AvgIpc) is 4.26. The van der Waals surface area contributed by atoms with E-state index in [-0.39, 0.29) is 5.41 Å². The Labute approximate surface area is 458 Å². The van der Waals surface area contributed by atoms with Crippen LogP contribution in [0.2, 0.25) is 0 Å². The summed E-state index contributed by atoms with van der Waals surface area (Å²) in [5.74, 6) is 0. The van der Waals surface area contributed by atoms with E-state index in [0.717, 1.165) is 17.1 Å². The molecule has 0 aromatic heterocycles. The summed E-state index contributed by atoms with van der Waals surface area (Å²) in [4.78, 5) is 2.59. The van der Waals surface area contributed by atoms with Crippen LogP contribution in [0.4, 0.5) is 17.1 Å². The van der Waals surface area contributed by atoms with E-state index < -0.39 is 10.8 Å². The number of benzene rings is 12. The van der Waals surface area contributed by atoms with E-state index in [0.29, 0.717) is 0 Å². The number of nitrogens with zero attached hydrogens (tertiary/aromatic N) is 1. The van der Waals surface area contributed by atoms with Crippen molar-refractivity contribution in [2.24, 2.45) is 0 Å². The molecule has 0 spiro atoms. The Morgan fingerprint density at radius 3 is 1.15 bits per heavy atom. The summed E-state index contributed by atoms with van der Waals surface area (Å²) < 4.78 is 0. The van der Waals surface area contributed by atoms with E-state index in [1.54, 1.807) is 0 Å². The quantitative estimate of drug-likeness (QED) is 0.139. The zero-order valence-electron chi connectivity index (χ0n) is 43.7. The lowest BCUT2D eigenvalue weighted by Crippen LogP contribution is -2.29. The highest BCUT2D eigenvalue weighted by Gasteiger charge is 2.49. The van der Waals surface area contributed by atoms with Gasteiger partial charge in [0.2, 0.25) is 0 Å². The molecule has 0 unspecified atom stereocenters. The first kappa shape index (κ1) is 45.8. The fraction of sp³-hybridized carbons (Fsp3) is 0.0649. The van der Waals surface area contributed by atoms with Gasteiger partial charge in [0.05, 0.1) is 16.5 Å². The number of rotatable bonds is 9. The first-order chi connectivity index (χ1) is 38.5. The summed E-state index contributed by atoms with van der Waals surface area (Å²) in [7, 11) is 0. The molecular formula is C77H55N. The first-order valence-corrected chi connectivity index (χ1v) is 27.4. The van der Waals surface area contributed by atoms with Gasteiger partial charge in [-0.05, 0) is 142 Å². The second kappa shape index (κ2) is 17.8. The second-order valence-corrected chi connectivity index (χ2v) is 21.9. The number of fused-ring (bicyclic) bond motifs is 9. The Morgan fingerprint density at radius 1 is 0.244 bits per heavy atom. The minimum absolute atomic E-state index is 0.289. The third-order valence-electron chi connectivity index (χ3n) is 17.6. The monoisotopic (exact) mass is 993 g/mol. The minimum atomic E-state index is -0.571. The number of hydrogen-bond donors (Lipinski definition) is 0. The molecular weight excluding hydrogens is 939 g/mol. The molecule has 0 fully saturated rings. The van der Waals surface area contributed by atoms with Gasteiger partial charge in [-0.3, -0.25) is 0 Å². The van der Waals surface area contributed by atoms with Crippen LogP contribution < -0.4 is 4.90 Å². The Bertz CT molecular complexity index is 4170. The van der Waals surface area contributed by atoms with Crippen LogP contribution in [-0.4, -0.2) is 0 Å². The Hall–Kier alpha value is -9.56. The molecule has 0 bridgehead atoms. The van der Waals surface area contributed by atoms with Gasteiger partial charge in [-0.2, -0.15) is 0 Å². The highest BCUT2D eigenvalue weighted by atomic mass is 15.1. The van der Waals surface area contributed by atoms with Crippen molar-refractivity contribution in [1.29, 1.82) is 0 Å². The van der Waals surface area contributed by atoms with Crippen LogP contribution in [0, 0.1) is 0 Å². The molecule has 0 radical (unpaired) electrons. The molecule has 0 amide bonds. The van der Waals surface area contributed by atoms with Gasteiger partial charge in [-0.15, -0.1) is 0 Å². The third-order valence-corrected chi connectivity index (χ3v) is 17.6. The maximum atomic E-state index is 2.59. The topological polar surface area (TPSA) is 3.24 Å². The lowest BCUT2D eigenvalue weighted by Gasteiger charge is -2.36. The van der Waals surface area contributed by atoms with Gasteiger partial charge in [0, 0.05) is 22.4 Å². The van der Waals surface area contributed by atoms with Crippen LogP contribution >= 0.6 is 0 Å². The Morgan fingerprint density at radius 2 is 0.603 bits per heavy atom. The zero-order chi connectivity index (χ0) is 52.0. The molecule has 0 aliphatic heterocycles. The van der Waals surface area contributed by atoms with E-state index in [4.69, 9.17) is 0 Å². The van der Waals surface area contributed by atoms with Gasteiger partial charge >= 0.3 is 0 Å². The van der Waals surface area contributed by atoms with Crippen molar-refractivity contribution in [2.75, 3.05) is 4.90 Å². The molecule has 0 saturated heterocycles. The average molecular weight is 994 g/mol. The number of hydrogen-bond acceptors (Lipinski definition) is 1. The van der Waals surface area contributed by atoms with Crippen molar-refractivity contribution in [3.63, 3.8) is 0 Å². The fourth-order valence-electron chi connectivity index (χ4n) is 14.2. The minimum Gasteiger partial charge on any atom is -0.310 e. The number of anilines is 3. The molecule has 0 saturated carbocycles. The normalized spacial score (nSPS) is 14.3. The third kappa shape index (κ3) is 6.61. The first-order valence-electron chi connectivity index (χ1n) is 27.4. The Balaban J connectivity index is 0.965. The van der Waals surface area contributed by atoms with Gasteiger partial charge in [0.25, 0.3) is 0 Å². The maximum Gasteiger partial charge on any atom is 0.0714 e. The summed E-state index contributed by atoms with van der Waals surface area (Å²) in [5.41, 5.74) is 27.3. The lowest BCUT2D eigenvalue weighted by molar-refractivity contribution is 0.660. The molecule has 368 valence electrons.